The zero-order valence-corrected chi connectivity index (χ0v) is 11.2. The fourth-order valence-electron chi connectivity index (χ4n) is 1.68. The summed E-state index contributed by atoms with van der Waals surface area (Å²) in [6, 6.07) is 6.28. The van der Waals surface area contributed by atoms with Gasteiger partial charge in [-0.2, -0.15) is 4.98 Å². The van der Waals surface area contributed by atoms with Crippen LogP contribution in [0.5, 0.6) is 0 Å². The lowest BCUT2D eigenvalue weighted by molar-refractivity contribution is 0.355. The molecule has 1 aromatic heterocycles. The highest BCUT2D eigenvalue weighted by Gasteiger charge is 2.14. The smallest absolute Gasteiger partial charge is 0.226 e. The van der Waals surface area contributed by atoms with Crippen LogP contribution in [0, 0.1) is 5.82 Å². The highest BCUT2D eigenvalue weighted by Crippen LogP contribution is 2.12. The molecule has 0 saturated heterocycles. The second kappa shape index (κ2) is 5.48. The summed E-state index contributed by atoms with van der Waals surface area (Å²) in [7, 11) is 0. The molecule has 19 heavy (non-hydrogen) atoms. The number of hydrogen-bond acceptors (Lipinski definition) is 4. The number of nitrogens with zero attached hydrogens (tertiary/aromatic N) is 2. The molecule has 2 N–H and O–H groups in total. The van der Waals surface area contributed by atoms with Crippen molar-refractivity contribution in [2.45, 2.75) is 38.6 Å². The number of benzene rings is 1. The molecular formula is C14H18FN3O. The lowest BCUT2D eigenvalue weighted by Gasteiger charge is -2.16. The molecule has 0 fully saturated rings. The van der Waals surface area contributed by atoms with Crippen molar-refractivity contribution in [1.82, 2.24) is 10.1 Å². The molecule has 0 amide bonds. The van der Waals surface area contributed by atoms with Gasteiger partial charge in [0, 0.05) is 18.4 Å². The van der Waals surface area contributed by atoms with Gasteiger partial charge in [-0.25, -0.2) is 4.39 Å². The van der Waals surface area contributed by atoms with Crippen LogP contribution in [0.1, 0.15) is 37.5 Å². The van der Waals surface area contributed by atoms with Gasteiger partial charge in [0.2, 0.25) is 5.89 Å². The van der Waals surface area contributed by atoms with Crippen LogP contribution in [0.3, 0.4) is 0 Å². The van der Waals surface area contributed by atoms with Crippen molar-refractivity contribution in [2.24, 2.45) is 5.73 Å². The Balaban J connectivity index is 1.95. The minimum absolute atomic E-state index is 0.244. The minimum Gasteiger partial charge on any atom is -0.339 e. The maximum Gasteiger partial charge on any atom is 0.226 e. The van der Waals surface area contributed by atoms with E-state index in [2.05, 4.69) is 10.1 Å². The highest BCUT2D eigenvalue weighted by atomic mass is 19.1. The van der Waals surface area contributed by atoms with Gasteiger partial charge in [-0.05, 0) is 38.0 Å². The Morgan fingerprint density at radius 2 is 1.95 bits per heavy atom. The fraction of sp³-hybridized carbons (Fsp3) is 0.429. The van der Waals surface area contributed by atoms with Crippen LogP contribution >= 0.6 is 0 Å². The van der Waals surface area contributed by atoms with Crippen molar-refractivity contribution in [3.05, 3.63) is 47.4 Å². The van der Waals surface area contributed by atoms with Crippen molar-refractivity contribution >= 4 is 0 Å². The Morgan fingerprint density at radius 1 is 1.26 bits per heavy atom. The number of aromatic nitrogens is 2. The molecule has 0 aliphatic carbocycles. The third-order valence-corrected chi connectivity index (χ3v) is 2.77. The first-order valence-corrected chi connectivity index (χ1v) is 6.27. The molecule has 0 aliphatic heterocycles. The van der Waals surface area contributed by atoms with Crippen molar-refractivity contribution in [3.8, 4) is 0 Å². The van der Waals surface area contributed by atoms with Crippen molar-refractivity contribution in [2.75, 3.05) is 0 Å². The Hall–Kier alpha value is -1.75. The summed E-state index contributed by atoms with van der Waals surface area (Å²) >= 11 is 0. The maximum absolute atomic E-state index is 12.8. The van der Waals surface area contributed by atoms with E-state index in [4.69, 9.17) is 10.3 Å². The lowest BCUT2D eigenvalue weighted by Crippen LogP contribution is -2.32. The van der Waals surface area contributed by atoms with Crippen LogP contribution in [0.4, 0.5) is 4.39 Å². The van der Waals surface area contributed by atoms with Crippen molar-refractivity contribution in [3.63, 3.8) is 0 Å². The third-order valence-electron chi connectivity index (χ3n) is 2.77. The summed E-state index contributed by atoms with van der Waals surface area (Å²) in [5, 5.41) is 3.91. The standard InChI is InChI=1S/C14H18FN3O/c1-14(2,16)8-7-13-17-12(18-19-13)9-10-3-5-11(15)6-4-10/h3-6H,7-9,16H2,1-2H3. The zero-order valence-electron chi connectivity index (χ0n) is 11.2. The van der Waals surface area contributed by atoms with Gasteiger partial charge in [0.25, 0.3) is 0 Å². The monoisotopic (exact) mass is 263 g/mol. The normalized spacial score (nSPS) is 11.8. The van der Waals surface area contributed by atoms with E-state index in [1.807, 2.05) is 13.8 Å². The van der Waals surface area contributed by atoms with Gasteiger partial charge in [-0.1, -0.05) is 17.3 Å². The molecule has 5 heteroatoms. The van der Waals surface area contributed by atoms with E-state index >= 15 is 0 Å². The van der Waals surface area contributed by atoms with Crippen molar-refractivity contribution in [1.29, 1.82) is 0 Å². The van der Waals surface area contributed by atoms with E-state index in [9.17, 15) is 4.39 Å². The molecule has 0 unspecified atom stereocenters. The van der Waals surface area contributed by atoms with Gasteiger partial charge in [0.15, 0.2) is 5.82 Å². The SMILES string of the molecule is CC(C)(N)CCc1nc(Cc2ccc(F)cc2)no1. The third kappa shape index (κ3) is 4.44. The number of aryl methyl sites for hydroxylation is 1. The van der Waals surface area contributed by atoms with E-state index in [1.54, 1.807) is 12.1 Å². The summed E-state index contributed by atoms with van der Waals surface area (Å²) in [6.45, 7) is 3.92. The second-order valence-electron chi connectivity index (χ2n) is 5.40. The fourth-order valence-corrected chi connectivity index (χ4v) is 1.68. The quantitative estimate of drug-likeness (QED) is 0.900. The van der Waals surface area contributed by atoms with E-state index in [0.717, 1.165) is 12.0 Å². The molecule has 0 bridgehead atoms. The Labute approximate surface area is 111 Å². The molecule has 2 rings (SSSR count). The Morgan fingerprint density at radius 3 is 2.58 bits per heavy atom. The average Bonchev–Trinajstić information content (AvgIpc) is 2.77. The van der Waals surface area contributed by atoms with Gasteiger partial charge < -0.3 is 10.3 Å². The number of halogens is 1. The van der Waals surface area contributed by atoms with Crippen LogP contribution in [-0.2, 0) is 12.8 Å². The Kier molecular flexibility index (Phi) is 3.95. The van der Waals surface area contributed by atoms with Crippen LogP contribution in [0.2, 0.25) is 0 Å². The number of hydrogen-bond donors (Lipinski definition) is 1. The van der Waals surface area contributed by atoms with E-state index in [-0.39, 0.29) is 11.4 Å². The van der Waals surface area contributed by atoms with Crippen LogP contribution < -0.4 is 5.73 Å². The van der Waals surface area contributed by atoms with Gasteiger partial charge in [-0.15, -0.1) is 0 Å². The van der Waals surface area contributed by atoms with E-state index in [1.165, 1.54) is 12.1 Å². The molecule has 0 saturated carbocycles. The van der Waals surface area contributed by atoms with Gasteiger partial charge in [0.05, 0.1) is 0 Å². The average molecular weight is 263 g/mol. The molecule has 0 atom stereocenters. The van der Waals surface area contributed by atoms with Crippen LogP contribution in [0.25, 0.3) is 0 Å². The predicted molar refractivity (Wildman–Crippen MR) is 70.1 cm³/mol. The molecule has 4 nitrogen and oxygen atoms in total. The predicted octanol–water partition coefficient (Wildman–Crippen LogP) is 2.47. The van der Waals surface area contributed by atoms with Gasteiger partial charge >= 0.3 is 0 Å². The Bertz CT molecular complexity index is 528. The summed E-state index contributed by atoms with van der Waals surface area (Å²) in [5.41, 5.74) is 6.61. The maximum atomic E-state index is 12.8. The van der Waals surface area contributed by atoms with Crippen LogP contribution in [0.15, 0.2) is 28.8 Å². The molecule has 102 valence electrons. The number of rotatable bonds is 5. The van der Waals surface area contributed by atoms with Crippen LogP contribution in [-0.4, -0.2) is 15.7 Å². The second-order valence-corrected chi connectivity index (χ2v) is 5.40. The molecule has 0 radical (unpaired) electrons. The molecule has 1 aromatic carbocycles. The molecule has 1 heterocycles. The molecule has 0 aliphatic rings. The molecule has 0 spiro atoms. The summed E-state index contributed by atoms with van der Waals surface area (Å²) in [5.74, 6) is 0.954. The summed E-state index contributed by atoms with van der Waals surface area (Å²) < 4.78 is 17.9. The first-order valence-electron chi connectivity index (χ1n) is 6.27. The van der Waals surface area contributed by atoms with Gasteiger partial charge in [0.1, 0.15) is 5.82 Å². The van der Waals surface area contributed by atoms with E-state index in [0.29, 0.717) is 24.6 Å². The lowest BCUT2D eigenvalue weighted by atomic mass is 10.0. The molecular weight excluding hydrogens is 245 g/mol. The minimum atomic E-state index is -0.247. The zero-order chi connectivity index (χ0) is 13.9. The highest BCUT2D eigenvalue weighted by molar-refractivity contribution is 5.19. The largest absolute Gasteiger partial charge is 0.339 e. The topological polar surface area (TPSA) is 64.9 Å². The first-order chi connectivity index (χ1) is 8.92. The molecule has 2 aromatic rings. The van der Waals surface area contributed by atoms with E-state index < -0.39 is 0 Å². The summed E-state index contributed by atoms with van der Waals surface area (Å²) in [6.07, 6.45) is 1.99. The summed E-state index contributed by atoms with van der Waals surface area (Å²) in [4.78, 5) is 4.30. The first kappa shape index (κ1) is 13.7. The number of nitrogens with two attached hydrogens (primary N) is 1. The van der Waals surface area contributed by atoms with Gasteiger partial charge in [-0.3, -0.25) is 0 Å². The van der Waals surface area contributed by atoms with Crippen molar-refractivity contribution < 1.29 is 8.91 Å².